The fraction of sp³-hybridized carbons (Fsp3) is 0.462. The van der Waals surface area contributed by atoms with E-state index in [0.29, 0.717) is 5.92 Å². The number of rotatable bonds is 3. The van der Waals surface area contributed by atoms with Crippen molar-refractivity contribution in [1.82, 2.24) is 0 Å². The average Bonchev–Trinajstić information content (AvgIpc) is 3.13. The van der Waals surface area contributed by atoms with Gasteiger partial charge in [-0.25, -0.2) is 4.79 Å². The monoisotopic (exact) mass is 233 g/mol. The Morgan fingerprint density at radius 1 is 1.38 bits per heavy atom. The number of nitrogens with zero attached hydrogens (tertiary/aromatic N) is 1. The number of hydrogen-bond donors (Lipinski definition) is 0. The van der Waals surface area contributed by atoms with Crippen molar-refractivity contribution < 1.29 is 4.79 Å². The Balaban J connectivity index is 1.97. The molecule has 2 fully saturated rings. The molecule has 0 bridgehead atoms. The Morgan fingerprint density at radius 3 is 2.62 bits per heavy atom. The van der Waals surface area contributed by atoms with Crippen molar-refractivity contribution in [1.29, 1.82) is 0 Å². The van der Waals surface area contributed by atoms with Crippen LogP contribution < -0.4 is 0 Å². The molecule has 0 spiro atoms. The first-order valence-corrected chi connectivity index (χ1v) is 6.02. The van der Waals surface area contributed by atoms with E-state index in [0.717, 1.165) is 23.4 Å². The van der Waals surface area contributed by atoms with Gasteiger partial charge in [-0.15, -0.1) is 0 Å². The lowest BCUT2D eigenvalue weighted by Gasteiger charge is -2.10. The van der Waals surface area contributed by atoms with Gasteiger partial charge in [-0.2, -0.15) is 4.99 Å². The van der Waals surface area contributed by atoms with Gasteiger partial charge in [0, 0.05) is 5.02 Å². The summed E-state index contributed by atoms with van der Waals surface area (Å²) >= 11 is 6.26. The molecule has 0 aliphatic heterocycles. The first-order chi connectivity index (χ1) is 7.75. The van der Waals surface area contributed by atoms with E-state index in [1.54, 1.807) is 6.08 Å². The second-order valence-corrected chi connectivity index (χ2v) is 5.15. The molecule has 0 amide bonds. The minimum Gasteiger partial charge on any atom is -0.211 e. The Hall–Kier alpha value is -1.11. The van der Waals surface area contributed by atoms with Crippen molar-refractivity contribution in [3.63, 3.8) is 0 Å². The molecular formula is C13H12ClNO. The lowest BCUT2D eigenvalue weighted by molar-refractivity contribution is 0.556. The van der Waals surface area contributed by atoms with Gasteiger partial charge in [0.2, 0.25) is 6.08 Å². The number of benzene rings is 1. The highest BCUT2D eigenvalue weighted by Crippen LogP contribution is 2.51. The highest BCUT2D eigenvalue weighted by atomic mass is 35.5. The molecule has 1 aromatic carbocycles. The number of carbonyl (C=O) groups excluding carboxylic acids is 1. The van der Waals surface area contributed by atoms with Gasteiger partial charge in [-0.3, -0.25) is 0 Å². The molecule has 0 N–H and O–H groups in total. The van der Waals surface area contributed by atoms with Gasteiger partial charge in [-0.1, -0.05) is 23.7 Å². The normalized spacial score (nSPS) is 21.3. The van der Waals surface area contributed by atoms with E-state index in [9.17, 15) is 4.79 Å². The molecule has 0 saturated heterocycles. The SMILES string of the molecule is O=C=NC1(c2ccc(C3CC3)c(Cl)c2)CC1. The lowest BCUT2D eigenvalue weighted by atomic mass is 10.0. The molecule has 2 aliphatic rings. The molecule has 16 heavy (non-hydrogen) atoms. The zero-order valence-corrected chi connectivity index (χ0v) is 9.63. The van der Waals surface area contributed by atoms with Gasteiger partial charge in [0.25, 0.3) is 0 Å². The zero-order valence-electron chi connectivity index (χ0n) is 8.87. The molecule has 0 aromatic heterocycles. The summed E-state index contributed by atoms with van der Waals surface area (Å²) in [5.74, 6) is 0.659. The summed E-state index contributed by atoms with van der Waals surface area (Å²) in [6.45, 7) is 0. The summed E-state index contributed by atoms with van der Waals surface area (Å²) in [6, 6.07) is 6.13. The molecule has 0 radical (unpaired) electrons. The molecule has 2 aliphatic carbocycles. The van der Waals surface area contributed by atoms with Crippen molar-refractivity contribution in [2.45, 2.75) is 37.1 Å². The maximum atomic E-state index is 10.4. The second kappa shape index (κ2) is 3.44. The fourth-order valence-electron chi connectivity index (χ4n) is 2.21. The first-order valence-electron chi connectivity index (χ1n) is 5.64. The summed E-state index contributed by atoms with van der Waals surface area (Å²) < 4.78 is 0. The highest BCUT2D eigenvalue weighted by molar-refractivity contribution is 6.31. The Labute approximate surface area is 99.3 Å². The van der Waals surface area contributed by atoms with Gasteiger partial charge in [0.1, 0.15) is 0 Å². The molecule has 2 saturated carbocycles. The van der Waals surface area contributed by atoms with Crippen LogP contribution in [0.15, 0.2) is 23.2 Å². The Bertz CT molecular complexity index is 483. The minimum atomic E-state index is -0.298. The van der Waals surface area contributed by atoms with Crippen LogP contribution in [-0.2, 0) is 10.3 Å². The largest absolute Gasteiger partial charge is 0.235 e. The standard InChI is InChI=1S/C13H12ClNO/c14-12-7-10(13(5-6-13)15-8-16)3-4-11(12)9-1-2-9/h3-4,7,9H,1-2,5-6H2. The quantitative estimate of drug-likeness (QED) is 0.580. The topological polar surface area (TPSA) is 29.4 Å². The van der Waals surface area contributed by atoms with Gasteiger partial charge in [-0.05, 0) is 48.8 Å². The third-order valence-electron chi connectivity index (χ3n) is 3.54. The van der Waals surface area contributed by atoms with Crippen LogP contribution in [0.25, 0.3) is 0 Å². The van der Waals surface area contributed by atoms with E-state index in [1.807, 2.05) is 6.07 Å². The van der Waals surface area contributed by atoms with Crippen molar-refractivity contribution in [2.75, 3.05) is 0 Å². The molecule has 82 valence electrons. The van der Waals surface area contributed by atoms with Crippen molar-refractivity contribution in [3.05, 3.63) is 34.3 Å². The molecular weight excluding hydrogens is 222 g/mol. The minimum absolute atomic E-state index is 0.298. The fourth-order valence-corrected chi connectivity index (χ4v) is 2.55. The molecule has 0 heterocycles. The van der Waals surface area contributed by atoms with Crippen LogP contribution in [0.3, 0.4) is 0 Å². The molecule has 0 unspecified atom stereocenters. The molecule has 2 nitrogen and oxygen atoms in total. The van der Waals surface area contributed by atoms with Crippen LogP contribution in [0.4, 0.5) is 0 Å². The first kappa shape index (κ1) is 10.1. The lowest BCUT2D eigenvalue weighted by Crippen LogP contribution is -2.02. The number of halogens is 1. The van der Waals surface area contributed by atoms with Crippen LogP contribution in [0, 0.1) is 0 Å². The van der Waals surface area contributed by atoms with E-state index in [-0.39, 0.29) is 5.54 Å². The predicted molar refractivity (Wildman–Crippen MR) is 62.5 cm³/mol. The third kappa shape index (κ3) is 1.59. The van der Waals surface area contributed by atoms with Crippen LogP contribution in [0.2, 0.25) is 5.02 Å². The number of isocyanates is 1. The average molecular weight is 234 g/mol. The Morgan fingerprint density at radius 2 is 2.12 bits per heavy atom. The highest BCUT2D eigenvalue weighted by Gasteiger charge is 2.45. The molecule has 0 atom stereocenters. The van der Waals surface area contributed by atoms with Gasteiger partial charge >= 0.3 is 0 Å². The maximum Gasteiger partial charge on any atom is 0.235 e. The van der Waals surface area contributed by atoms with E-state index in [4.69, 9.17) is 11.6 Å². The van der Waals surface area contributed by atoms with Crippen molar-refractivity contribution >= 4 is 17.7 Å². The van der Waals surface area contributed by atoms with Gasteiger partial charge in [0.05, 0.1) is 5.54 Å². The van der Waals surface area contributed by atoms with E-state index >= 15 is 0 Å². The van der Waals surface area contributed by atoms with Crippen molar-refractivity contribution in [2.24, 2.45) is 4.99 Å². The summed E-state index contributed by atoms with van der Waals surface area (Å²) in [4.78, 5) is 14.3. The molecule has 3 rings (SSSR count). The zero-order chi connectivity index (χ0) is 11.2. The summed E-state index contributed by atoms with van der Waals surface area (Å²) in [5.41, 5.74) is 2.01. The number of aliphatic imine (C=N–C) groups is 1. The van der Waals surface area contributed by atoms with Crippen molar-refractivity contribution in [3.8, 4) is 0 Å². The van der Waals surface area contributed by atoms with Gasteiger partial charge < -0.3 is 0 Å². The smallest absolute Gasteiger partial charge is 0.211 e. The summed E-state index contributed by atoms with van der Waals surface area (Å²) in [6.07, 6.45) is 6.03. The number of hydrogen-bond acceptors (Lipinski definition) is 2. The van der Waals surface area contributed by atoms with Crippen LogP contribution in [0.1, 0.15) is 42.7 Å². The van der Waals surface area contributed by atoms with Crippen LogP contribution in [0.5, 0.6) is 0 Å². The van der Waals surface area contributed by atoms with E-state index in [2.05, 4.69) is 17.1 Å². The molecule has 3 heteroatoms. The van der Waals surface area contributed by atoms with Crippen LogP contribution in [-0.4, -0.2) is 6.08 Å². The van der Waals surface area contributed by atoms with E-state index < -0.39 is 0 Å². The summed E-state index contributed by atoms with van der Waals surface area (Å²) in [7, 11) is 0. The second-order valence-electron chi connectivity index (χ2n) is 4.75. The van der Waals surface area contributed by atoms with E-state index in [1.165, 1.54) is 18.4 Å². The Kier molecular flexibility index (Phi) is 2.17. The van der Waals surface area contributed by atoms with Gasteiger partial charge in [0.15, 0.2) is 0 Å². The van der Waals surface area contributed by atoms with Crippen LogP contribution >= 0.6 is 11.6 Å². The maximum absolute atomic E-state index is 10.4. The third-order valence-corrected chi connectivity index (χ3v) is 3.87. The predicted octanol–water partition coefficient (Wildman–Crippen LogP) is 3.54. The molecule has 1 aromatic rings. The summed E-state index contributed by atoms with van der Waals surface area (Å²) in [5, 5.41) is 0.826.